The summed E-state index contributed by atoms with van der Waals surface area (Å²) < 4.78 is 161. The Morgan fingerprint density at radius 2 is 1.31 bits per heavy atom. The van der Waals surface area contributed by atoms with Crippen molar-refractivity contribution in [2.45, 2.75) is 26.5 Å². The Bertz CT molecular complexity index is 3130. The first-order valence-corrected chi connectivity index (χ1v) is 23.2. The van der Waals surface area contributed by atoms with E-state index in [0.29, 0.717) is 18.2 Å². The van der Waals surface area contributed by atoms with Crippen molar-refractivity contribution in [2.75, 3.05) is 28.3 Å². The van der Waals surface area contributed by atoms with Crippen LogP contribution in [0.5, 0.6) is 0 Å². The van der Waals surface area contributed by atoms with Crippen LogP contribution in [0.4, 0.5) is 40.3 Å². The predicted molar refractivity (Wildman–Crippen MR) is 206 cm³/mol. The normalized spacial score (nSPS) is 12.8. The summed E-state index contributed by atoms with van der Waals surface area (Å²) >= 11 is 6.10. The zero-order chi connectivity index (χ0) is 43.7. The smallest absolute Gasteiger partial charge is 0.324 e. The molecule has 0 saturated carbocycles. The molecule has 30 heteroatoms. The number of hydrogen-bond acceptors (Lipinski definition) is 19. The van der Waals surface area contributed by atoms with Crippen LogP contribution in [-0.4, -0.2) is 93.5 Å². The maximum atomic E-state index is 12.7. The number of rotatable bonds is 15. The summed E-state index contributed by atoms with van der Waals surface area (Å²) in [5.41, 5.74) is -0.638. The monoisotopic (exact) mass is 936 g/mol. The molecular weight excluding hydrogens is 912 g/mol. The Labute approximate surface area is 338 Å². The van der Waals surface area contributed by atoms with Crippen LogP contribution < -0.4 is 16.0 Å². The Hall–Kier alpha value is -5.34. The molecule has 5 aromatic rings. The molecule has 0 aliphatic heterocycles. The van der Waals surface area contributed by atoms with Gasteiger partial charge < -0.3 is 16.0 Å². The van der Waals surface area contributed by atoms with E-state index in [1.165, 1.54) is 42.5 Å². The highest BCUT2D eigenvalue weighted by molar-refractivity contribution is 7.91. The topological polar surface area (TPSA) is 377 Å². The highest BCUT2D eigenvalue weighted by atomic mass is 35.5. The number of fused-ring (bicyclic) bond motifs is 1. The van der Waals surface area contributed by atoms with Gasteiger partial charge in [-0.05, 0) is 77.7 Å². The minimum Gasteiger partial charge on any atom is -0.324 e. The number of hydrogen-bond donors (Lipinski definition) is 7. The first-order chi connectivity index (χ1) is 27.2. The van der Waals surface area contributed by atoms with Crippen LogP contribution >= 0.6 is 11.6 Å². The molecule has 1 aromatic heterocycles. The van der Waals surface area contributed by atoms with Gasteiger partial charge in [-0.3, -0.25) is 23.0 Å². The Morgan fingerprint density at radius 1 is 0.695 bits per heavy atom. The minimum atomic E-state index is -5.22. The van der Waals surface area contributed by atoms with E-state index in [1.54, 1.807) is 0 Å². The maximum absolute atomic E-state index is 12.7. The van der Waals surface area contributed by atoms with E-state index in [2.05, 4.69) is 45.3 Å². The van der Waals surface area contributed by atoms with Gasteiger partial charge in [0.15, 0.2) is 9.84 Å². The van der Waals surface area contributed by atoms with E-state index in [9.17, 15) is 60.5 Å². The van der Waals surface area contributed by atoms with Gasteiger partial charge >= 0.3 is 10.4 Å². The molecule has 0 aliphatic rings. The summed E-state index contributed by atoms with van der Waals surface area (Å²) in [6.45, 7) is 0.282. The van der Waals surface area contributed by atoms with Gasteiger partial charge in [0, 0.05) is 23.7 Å². The van der Waals surface area contributed by atoms with Gasteiger partial charge in [0.25, 0.3) is 30.4 Å². The van der Waals surface area contributed by atoms with Crippen LogP contribution in [0.3, 0.4) is 0 Å². The zero-order valence-electron chi connectivity index (χ0n) is 29.1. The third kappa shape index (κ3) is 11.9. The molecule has 0 aliphatic carbocycles. The second-order valence-electron chi connectivity index (χ2n) is 11.6. The van der Waals surface area contributed by atoms with Crippen LogP contribution in [0.25, 0.3) is 10.8 Å². The molecule has 59 heavy (non-hydrogen) atoms. The number of anilines is 5. The summed E-state index contributed by atoms with van der Waals surface area (Å²) in [7, 11) is -24.4. The van der Waals surface area contributed by atoms with Crippen molar-refractivity contribution in [3.63, 3.8) is 0 Å². The second-order valence-corrected chi connectivity index (χ2v) is 19.3. The van der Waals surface area contributed by atoms with E-state index >= 15 is 0 Å². The number of azo groups is 1. The predicted octanol–water partition coefficient (Wildman–Crippen LogP) is 3.87. The van der Waals surface area contributed by atoms with Crippen molar-refractivity contribution in [3.8, 4) is 0 Å². The fourth-order valence-electron chi connectivity index (χ4n) is 4.92. The fraction of sp³-hybridized carbons (Fsp3) is 0.103. The van der Waals surface area contributed by atoms with Gasteiger partial charge in [0.2, 0.25) is 23.1 Å². The van der Waals surface area contributed by atoms with Gasteiger partial charge in [-0.15, -0.1) is 10.2 Å². The van der Waals surface area contributed by atoms with Gasteiger partial charge in [-0.2, -0.15) is 48.6 Å². The van der Waals surface area contributed by atoms with E-state index < -0.39 is 100 Å². The minimum absolute atomic E-state index is 0.0737. The number of carbonyl (C=O) groups is 1. The van der Waals surface area contributed by atoms with Gasteiger partial charge in [-0.1, -0.05) is 6.07 Å². The quantitative estimate of drug-likeness (QED) is 0.0578. The van der Waals surface area contributed by atoms with Crippen LogP contribution in [0.15, 0.2) is 96.5 Å². The second kappa shape index (κ2) is 16.7. The summed E-state index contributed by atoms with van der Waals surface area (Å²) in [5, 5.41) is 14.4. The number of halogens is 1. The lowest BCUT2D eigenvalue weighted by molar-refractivity contribution is -0.114. The van der Waals surface area contributed by atoms with Crippen LogP contribution in [-0.2, 0) is 59.6 Å². The molecule has 0 atom stereocenters. The number of carbonyl (C=O) groups excluding carboxylic acids is 1. The first kappa shape index (κ1) is 44.8. The number of benzene rings is 4. The van der Waals surface area contributed by atoms with Crippen molar-refractivity contribution in [2.24, 2.45) is 10.2 Å². The molecule has 24 nitrogen and oxygen atoms in total. The summed E-state index contributed by atoms with van der Waals surface area (Å²) in [4.78, 5) is 20.8. The molecule has 314 valence electrons. The van der Waals surface area contributed by atoms with Gasteiger partial charge in [0.1, 0.15) is 21.2 Å². The molecule has 0 bridgehead atoms. The molecule has 0 spiro atoms. The molecule has 4 aromatic carbocycles. The Morgan fingerprint density at radius 3 is 1.88 bits per heavy atom. The van der Waals surface area contributed by atoms with Crippen LogP contribution in [0, 0.1) is 0 Å². The van der Waals surface area contributed by atoms with Gasteiger partial charge in [0.05, 0.1) is 27.8 Å². The standard InChI is InChI=1S/C29H25ClN8O16S5/c1-15(39)31-23-12-18(33-29-35-27(30)34-28(36-29)32-17-3-2-4-19(11-17)55(40,41)8-7-54-59(51,52)53)5-6-22(23)37-38-24-14-21-16(10-26(24)58(48,49)50)9-20(56(42,43)44)13-25(21)57(45,46)47/h2-6,9-14H,7-8H2,1H3,(H,31,39)(H,42,43,44)(H,45,46,47)(H,48,49,50)(H,51,52,53)(H2,32,33,34,35,36). The number of sulfone groups is 1. The Balaban J connectivity index is 1.47. The molecule has 0 radical (unpaired) electrons. The van der Waals surface area contributed by atoms with E-state index in [4.69, 9.17) is 16.2 Å². The van der Waals surface area contributed by atoms with Gasteiger partial charge in [-0.25, -0.2) is 12.6 Å². The Kier molecular flexibility index (Phi) is 12.7. The summed E-state index contributed by atoms with van der Waals surface area (Å²) in [6, 6.07) is 11.5. The maximum Gasteiger partial charge on any atom is 0.397 e. The lowest BCUT2D eigenvalue weighted by Crippen LogP contribution is -2.15. The number of nitrogens with one attached hydrogen (secondary N) is 3. The lowest BCUT2D eigenvalue weighted by atomic mass is 10.1. The highest BCUT2D eigenvalue weighted by Gasteiger charge is 2.25. The molecule has 5 rings (SSSR count). The molecular formula is C29H25ClN8O16S5. The van der Waals surface area contributed by atoms with Crippen molar-refractivity contribution in [1.82, 2.24) is 15.0 Å². The lowest BCUT2D eigenvalue weighted by Gasteiger charge is -2.12. The summed E-state index contributed by atoms with van der Waals surface area (Å²) in [6.07, 6.45) is 0. The van der Waals surface area contributed by atoms with E-state index in [0.717, 1.165) is 13.0 Å². The molecule has 7 N–H and O–H groups in total. The average molecular weight is 937 g/mol. The molecule has 0 unspecified atom stereocenters. The fourth-order valence-corrected chi connectivity index (χ4v) is 8.60. The van der Waals surface area contributed by atoms with Crippen LogP contribution in [0.1, 0.15) is 6.92 Å². The number of nitrogens with zero attached hydrogens (tertiary/aromatic N) is 5. The third-order valence-corrected chi connectivity index (χ3v) is 12.2. The van der Waals surface area contributed by atoms with Crippen molar-refractivity contribution >= 4 is 119 Å². The number of aromatic nitrogens is 3. The first-order valence-electron chi connectivity index (χ1n) is 15.5. The van der Waals surface area contributed by atoms with Crippen molar-refractivity contribution < 1.29 is 69.3 Å². The molecule has 0 saturated heterocycles. The molecule has 1 amide bonds. The SMILES string of the molecule is CC(=O)Nc1cc(Nc2nc(Cl)nc(Nc3cccc(S(=O)(=O)CCOS(=O)(=O)O)c3)n2)ccc1N=Nc1cc2c(S(=O)(=O)O)cc(S(=O)(=O)O)cc2cc1S(=O)(=O)O. The third-order valence-electron chi connectivity index (χ3n) is 7.29. The van der Waals surface area contributed by atoms with E-state index in [1.807, 2.05) is 0 Å². The van der Waals surface area contributed by atoms with Crippen LogP contribution in [0.2, 0.25) is 5.28 Å². The van der Waals surface area contributed by atoms with Crippen molar-refractivity contribution in [3.05, 3.63) is 72.0 Å². The van der Waals surface area contributed by atoms with E-state index in [-0.39, 0.29) is 44.8 Å². The highest BCUT2D eigenvalue weighted by Crippen LogP contribution is 2.37. The largest absolute Gasteiger partial charge is 0.397 e. The van der Waals surface area contributed by atoms with Crippen molar-refractivity contribution in [1.29, 1.82) is 0 Å². The zero-order valence-corrected chi connectivity index (χ0v) is 33.9. The molecule has 0 fully saturated rings. The number of amides is 1. The molecule has 1 heterocycles. The summed E-state index contributed by atoms with van der Waals surface area (Å²) in [5.74, 6) is -1.80. The average Bonchev–Trinajstić information content (AvgIpc) is 3.08.